The Morgan fingerprint density at radius 3 is 2.77 bits per heavy atom. The summed E-state index contributed by atoms with van der Waals surface area (Å²) in [7, 11) is 0. The van der Waals surface area contributed by atoms with Gasteiger partial charge in [0.15, 0.2) is 0 Å². The van der Waals surface area contributed by atoms with Crippen molar-refractivity contribution in [2.75, 3.05) is 6.54 Å². The maximum atomic E-state index is 4.66. The first-order chi connectivity index (χ1) is 17.2. The Kier molecular flexibility index (Phi) is 6.37. The van der Waals surface area contributed by atoms with E-state index < -0.39 is 0 Å². The van der Waals surface area contributed by atoms with Crippen molar-refractivity contribution in [1.29, 1.82) is 0 Å². The molecule has 0 atom stereocenters. The second-order valence-corrected chi connectivity index (χ2v) is 8.47. The Morgan fingerprint density at radius 1 is 1.06 bits per heavy atom. The minimum absolute atomic E-state index is 0.804. The molecule has 0 aliphatic carbocycles. The third kappa shape index (κ3) is 4.56. The van der Waals surface area contributed by atoms with Crippen molar-refractivity contribution < 1.29 is 0 Å². The van der Waals surface area contributed by atoms with E-state index in [0.717, 1.165) is 68.9 Å². The third-order valence-electron chi connectivity index (χ3n) is 6.09. The monoisotopic (exact) mass is 460 g/mol. The molecule has 0 amide bonds. The highest BCUT2D eigenvalue weighted by molar-refractivity contribution is 5.96. The van der Waals surface area contributed by atoms with Crippen molar-refractivity contribution in [2.24, 2.45) is 0 Å². The predicted molar refractivity (Wildman–Crippen MR) is 143 cm³/mol. The van der Waals surface area contributed by atoms with E-state index in [9.17, 15) is 0 Å². The van der Waals surface area contributed by atoms with Crippen molar-refractivity contribution in [3.05, 3.63) is 108 Å². The molecule has 0 aliphatic heterocycles. The van der Waals surface area contributed by atoms with Crippen LogP contribution in [0.4, 0.5) is 0 Å². The Bertz CT molecular complexity index is 1510. The van der Waals surface area contributed by atoms with Crippen LogP contribution < -0.4 is 5.32 Å². The van der Waals surface area contributed by atoms with Crippen LogP contribution in [-0.4, -0.2) is 31.7 Å². The summed E-state index contributed by atoms with van der Waals surface area (Å²) in [4.78, 5) is 12.3. The van der Waals surface area contributed by atoms with Crippen molar-refractivity contribution >= 4 is 16.5 Å². The average Bonchev–Trinajstić information content (AvgIpc) is 3.49. The lowest BCUT2D eigenvalue weighted by Crippen LogP contribution is -2.11. The fraction of sp³-hybridized carbons (Fsp3) is 0.138. The van der Waals surface area contributed by atoms with E-state index >= 15 is 0 Å². The second-order valence-electron chi connectivity index (χ2n) is 8.47. The van der Waals surface area contributed by atoms with E-state index in [-0.39, 0.29) is 0 Å². The SMILES string of the molecule is C=C/C=C(/c1cccnc1)c1cc(-c2n[nH]c3ccc(-c4cncc(CNCC)c4)cc23)[nH]c1C. The van der Waals surface area contributed by atoms with Gasteiger partial charge < -0.3 is 10.3 Å². The number of benzene rings is 1. The molecule has 0 saturated heterocycles. The number of aryl methyl sites for hydroxylation is 1. The molecule has 35 heavy (non-hydrogen) atoms. The molecule has 0 aliphatic rings. The van der Waals surface area contributed by atoms with Gasteiger partial charge in [-0.1, -0.05) is 37.8 Å². The summed E-state index contributed by atoms with van der Waals surface area (Å²) in [5.41, 5.74) is 10.5. The summed E-state index contributed by atoms with van der Waals surface area (Å²) < 4.78 is 0. The van der Waals surface area contributed by atoms with Gasteiger partial charge in [-0.3, -0.25) is 15.1 Å². The Morgan fingerprint density at radius 2 is 1.97 bits per heavy atom. The van der Waals surface area contributed by atoms with Crippen LogP contribution in [0, 0.1) is 6.92 Å². The smallest absolute Gasteiger partial charge is 0.116 e. The van der Waals surface area contributed by atoms with Gasteiger partial charge in [-0.15, -0.1) is 0 Å². The molecule has 5 rings (SSSR count). The Balaban J connectivity index is 1.55. The van der Waals surface area contributed by atoms with E-state index in [1.165, 1.54) is 5.56 Å². The molecule has 4 aromatic heterocycles. The second kappa shape index (κ2) is 9.91. The highest BCUT2D eigenvalue weighted by atomic mass is 15.1. The fourth-order valence-electron chi connectivity index (χ4n) is 4.36. The van der Waals surface area contributed by atoms with Crippen molar-refractivity contribution in [1.82, 2.24) is 30.5 Å². The summed E-state index contributed by atoms with van der Waals surface area (Å²) in [5, 5.41) is 12.3. The number of H-pyrrole nitrogens is 2. The van der Waals surface area contributed by atoms with Crippen LogP contribution in [0.25, 0.3) is 39.0 Å². The molecule has 0 saturated carbocycles. The van der Waals surface area contributed by atoms with Crippen LogP contribution in [0.15, 0.2) is 86.0 Å². The molecular weight excluding hydrogens is 432 g/mol. The number of aromatic amines is 2. The molecule has 0 bridgehead atoms. The lowest BCUT2D eigenvalue weighted by atomic mass is 9.98. The van der Waals surface area contributed by atoms with Crippen LogP contribution in [0.5, 0.6) is 0 Å². The molecule has 3 N–H and O–H groups in total. The molecule has 5 aromatic rings. The average molecular weight is 461 g/mol. The van der Waals surface area contributed by atoms with E-state index in [4.69, 9.17) is 0 Å². The zero-order chi connectivity index (χ0) is 24.2. The van der Waals surface area contributed by atoms with Gasteiger partial charge in [-0.25, -0.2) is 0 Å². The van der Waals surface area contributed by atoms with Crippen molar-refractivity contribution in [3.63, 3.8) is 0 Å². The van der Waals surface area contributed by atoms with Crippen LogP contribution in [0.1, 0.15) is 29.3 Å². The molecule has 174 valence electrons. The molecule has 0 radical (unpaired) electrons. The van der Waals surface area contributed by atoms with Gasteiger partial charge >= 0.3 is 0 Å². The largest absolute Gasteiger partial charge is 0.357 e. The van der Waals surface area contributed by atoms with Crippen molar-refractivity contribution in [3.8, 4) is 22.5 Å². The van der Waals surface area contributed by atoms with Gasteiger partial charge in [0.1, 0.15) is 5.69 Å². The summed E-state index contributed by atoms with van der Waals surface area (Å²) in [6.45, 7) is 9.82. The van der Waals surface area contributed by atoms with Gasteiger partial charge in [-0.2, -0.15) is 5.10 Å². The fourth-order valence-corrected chi connectivity index (χ4v) is 4.36. The standard InChI is InChI=1S/C29H28N6/c1-4-7-24(22-8-6-11-31-17-22)25-14-28(33-19(25)3)29-26-13-21(9-10-27(26)34-35-29)23-12-20(15-30-5-2)16-32-18-23/h4,6-14,16-18,30,33H,1,5,15H2,2-3H3,(H,34,35)/b24-7-. The summed E-state index contributed by atoms with van der Waals surface area (Å²) in [6, 6.07) is 14.7. The number of fused-ring (bicyclic) bond motifs is 1. The van der Waals surface area contributed by atoms with Crippen LogP contribution >= 0.6 is 0 Å². The predicted octanol–water partition coefficient (Wildman–Crippen LogP) is 6.05. The summed E-state index contributed by atoms with van der Waals surface area (Å²) >= 11 is 0. The lowest BCUT2D eigenvalue weighted by Gasteiger charge is -2.06. The first-order valence-electron chi connectivity index (χ1n) is 11.7. The molecular formula is C29H28N6. The highest BCUT2D eigenvalue weighted by Crippen LogP contribution is 2.34. The minimum Gasteiger partial charge on any atom is -0.357 e. The maximum absolute atomic E-state index is 4.66. The molecule has 1 aromatic carbocycles. The summed E-state index contributed by atoms with van der Waals surface area (Å²) in [6.07, 6.45) is 11.3. The number of nitrogens with zero attached hydrogens (tertiary/aromatic N) is 3. The number of hydrogen-bond acceptors (Lipinski definition) is 4. The van der Waals surface area contributed by atoms with E-state index in [2.05, 4.69) is 87.3 Å². The third-order valence-corrected chi connectivity index (χ3v) is 6.09. The minimum atomic E-state index is 0.804. The highest BCUT2D eigenvalue weighted by Gasteiger charge is 2.16. The molecule has 0 spiro atoms. The molecule has 6 nitrogen and oxygen atoms in total. The van der Waals surface area contributed by atoms with Crippen LogP contribution in [0.2, 0.25) is 0 Å². The van der Waals surface area contributed by atoms with Gasteiger partial charge in [0.25, 0.3) is 0 Å². The number of hydrogen-bond donors (Lipinski definition) is 3. The number of aromatic nitrogens is 5. The molecule has 0 fully saturated rings. The molecule has 6 heteroatoms. The Hall–Kier alpha value is -4.29. The quantitative estimate of drug-likeness (QED) is 0.246. The normalized spacial score (nSPS) is 11.8. The zero-order valence-electron chi connectivity index (χ0n) is 20.0. The van der Waals surface area contributed by atoms with E-state index in [1.807, 2.05) is 36.8 Å². The number of allylic oxidation sites excluding steroid dienone is 2. The van der Waals surface area contributed by atoms with Gasteiger partial charge in [0, 0.05) is 59.1 Å². The van der Waals surface area contributed by atoms with Crippen LogP contribution in [0.3, 0.4) is 0 Å². The van der Waals surface area contributed by atoms with Gasteiger partial charge in [0.05, 0.1) is 11.2 Å². The number of rotatable bonds is 8. The molecule has 4 heterocycles. The van der Waals surface area contributed by atoms with Gasteiger partial charge in [0.2, 0.25) is 0 Å². The maximum Gasteiger partial charge on any atom is 0.116 e. The number of pyridine rings is 2. The lowest BCUT2D eigenvalue weighted by molar-refractivity contribution is 0.724. The Labute approximate surface area is 204 Å². The van der Waals surface area contributed by atoms with E-state index in [0.29, 0.717) is 0 Å². The van der Waals surface area contributed by atoms with Gasteiger partial charge in [-0.05, 0) is 60.5 Å². The van der Waals surface area contributed by atoms with Crippen LogP contribution in [-0.2, 0) is 6.54 Å². The van der Waals surface area contributed by atoms with E-state index in [1.54, 1.807) is 6.20 Å². The zero-order valence-corrected chi connectivity index (χ0v) is 20.0. The summed E-state index contributed by atoms with van der Waals surface area (Å²) in [5.74, 6) is 0. The number of nitrogens with one attached hydrogen (secondary N) is 3. The first kappa shape index (κ1) is 22.5. The van der Waals surface area contributed by atoms with Crippen molar-refractivity contribution in [2.45, 2.75) is 20.4 Å². The first-order valence-corrected chi connectivity index (χ1v) is 11.7. The molecule has 0 unspecified atom stereocenters. The topological polar surface area (TPSA) is 82.3 Å².